The van der Waals surface area contributed by atoms with Crippen LogP contribution in [0.2, 0.25) is 18.6 Å². The van der Waals surface area contributed by atoms with Crippen molar-refractivity contribution in [3.63, 3.8) is 0 Å². The molecular weight excluding hydrogens is 715 g/mol. The molecule has 2 fully saturated rings. The lowest BCUT2D eigenvalue weighted by Gasteiger charge is -2.43. The van der Waals surface area contributed by atoms with Gasteiger partial charge in [0.15, 0.2) is 14.1 Å². The number of benzene rings is 2. The number of hydrogen-bond donors (Lipinski definition) is 5. The first-order chi connectivity index (χ1) is 25.9. The average molecular weight is 778 g/mol. The summed E-state index contributed by atoms with van der Waals surface area (Å²) < 4.78 is 5.44. The zero-order valence-electron chi connectivity index (χ0n) is 33.7. The van der Waals surface area contributed by atoms with Gasteiger partial charge in [0.05, 0.1) is 19.2 Å². The van der Waals surface area contributed by atoms with Crippen LogP contribution in [0.3, 0.4) is 0 Å². The number of likely N-dealkylation sites (tertiary alicyclic amines) is 1. The lowest BCUT2D eigenvalue weighted by molar-refractivity contribution is -0.135. The van der Waals surface area contributed by atoms with E-state index in [4.69, 9.17) is 4.74 Å². The highest BCUT2D eigenvalue weighted by atomic mass is 28.4. The third-order valence-corrected chi connectivity index (χ3v) is 12.9. The molecule has 4 amide bonds. The highest BCUT2D eigenvalue weighted by Gasteiger charge is 2.50. The van der Waals surface area contributed by atoms with Crippen LogP contribution in [0.4, 0.5) is 0 Å². The molecule has 0 aliphatic carbocycles. The summed E-state index contributed by atoms with van der Waals surface area (Å²) >= 11 is 0. The summed E-state index contributed by atoms with van der Waals surface area (Å²) in [5.41, 5.74) is 1.09. The molecule has 2 aromatic carbocycles. The number of ether oxygens (including phenoxy) is 1. The molecular formula is C42H63N5O7Si. The molecule has 2 heterocycles. The Labute approximate surface area is 328 Å². The monoisotopic (exact) mass is 777 g/mol. The predicted molar refractivity (Wildman–Crippen MR) is 215 cm³/mol. The van der Waals surface area contributed by atoms with E-state index in [2.05, 4.69) is 35.1 Å². The van der Waals surface area contributed by atoms with Gasteiger partial charge in [-0.2, -0.15) is 0 Å². The van der Waals surface area contributed by atoms with Crippen molar-refractivity contribution in [3.8, 4) is 0 Å². The van der Waals surface area contributed by atoms with E-state index in [1.807, 2.05) is 92.5 Å². The quantitative estimate of drug-likeness (QED) is 0.0894. The number of nitrogens with zero attached hydrogens (tertiary/aromatic N) is 1. The van der Waals surface area contributed by atoms with Crippen molar-refractivity contribution >= 4 is 37.7 Å². The first-order valence-corrected chi connectivity index (χ1v) is 22.9. The number of nitrogens with one attached hydrogen (secondary N) is 4. The fourth-order valence-corrected chi connectivity index (χ4v) is 8.19. The molecule has 302 valence electrons. The maximum atomic E-state index is 14.1. The van der Waals surface area contributed by atoms with E-state index in [1.165, 1.54) is 0 Å². The second-order valence-electron chi connectivity index (χ2n) is 17.0. The predicted octanol–water partition coefficient (Wildman–Crippen LogP) is 3.52. The molecule has 5 N–H and O–H groups in total. The molecule has 0 bridgehead atoms. The van der Waals surface area contributed by atoms with Crippen molar-refractivity contribution in [2.45, 2.75) is 122 Å². The van der Waals surface area contributed by atoms with Crippen molar-refractivity contribution in [1.82, 2.24) is 26.2 Å². The van der Waals surface area contributed by atoms with Gasteiger partial charge in [-0.3, -0.25) is 28.9 Å². The largest absolute Gasteiger partial charge is 0.432 e. The van der Waals surface area contributed by atoms with Gasteiger partial charge in [0.1, 0.15) is 23.7 Å². The van der Waals surface area contributed by atoms with Gasteiger partial charge in [0, 0.05) is 25.1 Å². The van der Waals surface area contributed by atoms with Crippen LogP contribution in [0, 0.1) is 11.8 Å². The normalized spacial score (nSPS) is 19.5. The molecule has 55 heavy (non-hydrogen) atoms. The van der Waals surface area contributed by atoms with Gasteiger partial charge in [-0.05, 0) is 75.1 Å². The average Bonchev–Trinajstić information content (AvgIpc) is 3.86. The van der Waals surface area contributed by atoms with Crippen LogP contribution in [0.25, 0.3) is 0 Å². The summed E-state index contributed by atoms with van der Waals surface area (Å²) in [5.74, 6) is -1.69. The molecule has 2 saturated heterocycles. The number of hydrogen-bond acceptors (Lipinski definition) is 8. The fraction of sp³-hybridized carbons (Fsp3) is 0.595. The lowest BCUT2D eigenvalue weighted by atomic mass is 9.93. The van der Waals surface area contributed by atoms with E-state index in [0.29, 0.717) is 51.3 Å². The Hall–Kier alpha value is -3.91. The van der Waals surface area contributed by atoms with Crippen molar-refractivity contribution < 1.29 is 33.5 Å². The van der Waals surface area contributed by atoms with Crippen LogP contribution in [0.15, 0.2) is 60.7 Å². The van der Waals surface area contributed by atoms with Gasteiger partial charge in [0.25, 0.3) is 0 Å². The molecule has 2 aliphatic heterocycles. The van der Waals surface area contributed by atoms with Gasteiger partial charge in [-0.15, -0.1) is 0 Å². The van der Waals surface area contributed by atoms with Crippen molar-refractivity contribution in [1.29, 1.82) is 0 Å². The van der Waals surface area contributed by atoms with Crippen LogP contribution in [0.5, 0.6) is 0 Å². The Morgan fingerprint density at radius 2 is 1.27 bits per heavy atom. The van der Waals surface area contributed by atoms with Crippen LogP contribution in [-0.4, -0.2) is 103 Å². The van der Waals surface area contributed by atoms with Crippen LogP contribution >= 0.6 is 0 Å². The van der Waals surface area contributed by atoms with Gasteiger partial charge in [-0.1, -0.05) is 88.4 Å². The first kappa shape index (κ1) is 43.8. The molecule has 12 nitrogen and oxygen atoms in total. The number of carbonyl (C=O) groups excluding carboxylic acids is 5. The third kappa shape index (κ3) is 14.0. The van der Waals surface area contributed by atoms with Gasteiger partial charge < -0.3 is 30.8 Å². The van der Waals surface area contributed by atoms with E-state index >= 15 is 0 Å². The van der Waals surface area contributed by atoms with E-state index in [1.54, 1.807) is 6.92 Å². The maximum Gasteiger partial charge on any atom is 0.243 e. The summed E-state index contributed by atoms with van der Waals surface area (Å²) in [4.78, 5) is 81.3. The smallest absolute Gasteiger partial charge is 0.243 e. The number of aryl methyl sites for hydroxylation is 1. The van der Waals surface area contributed by atoms with Crippen LogP contribution < -0.4 is 21.3 Å². The van der Waals surface area contributed by atoms with E-state index in [9.17, 15) is 28.8 Å². The van der Waals surface area contributed by atoms with E-state index < -0.39 is 55.8 Å². The molecule has 4 rings (SSSR count). The Bertz CT molecular complexity index is 1590. The van der Waals surface area contributed by atoms with E-state index in [-0.39, 0.29) is 42.5 Å². The summed E-state index contributed by atoms with van der Waals surface area (Å²) in [6, 6.07) is 15.3. The molecule has 0 saturated carbocycles. The van der Waals surface area contributed by atoms with Crippen molar-refractivity contribution in [3.05, 3.63) is 71.8 Å². The third-order valence-electron chi connectivity index (χ3n) is 10.6. The fourth-order valence-electron chi connectivity index (χ4n) is 6.78. The number of ketones is 1. The molecule has 2 aromatic rings. The zero-order chi connectivity index (χ0) is 40.3. The number of carbonyl (C=O) groups is 5. The SMILES string of the molecule is CC(C)CC[C@H](NC(=O)[C@H](Cc1ccccc1)NC(=O)C(CC(C)C)NC(=O)[C@H](CCc1ccccc1)NC(=O)CN1CC([Si](C)(C)O)C1)C(=O)[C@@]1(C)CO1. The Morgan fingerprint density at radius 1 is 0.745 bits per heavy atom. The number of epoxide rings is 1. The molecule has 2 aliphatic rings. The molecule has 5 atom stereocenters. The molecule has 1 unspecified atom stereocenters. The molecule has 0 aromatic heterocycles. The zero-order valence-corrected chi connectivity index (χ0v) is 34.7. The minimum atomic E-state index is -2.30. The second-order valence-corrected chi connectivity index (χ2v) is 21.2. The number of rotatable bonds is 22. The highest BCUT2D eigenvalue weighted by molar-refractivity contribution is 6.71. The van der Waals surface area contributed by atoms with Gasteiger partial charge >= 0.3 is 0 Å². The first-order valence-electron chi connectivity index (χ1n) is 19.8. The van der Waals surface area contributed by atoms with Crippen LogP contribution in [0.1, 0.15) is 71.4 Å². The Balaban J connectivity index is 1.50. The van der Waals surface area contributed by atoms with Gasteiger partial charge in [-0.25, -0.2) is 0 Å². The van der Waals surface area contributed by atoms with Gasteiger partial charge in [0.2, 0.25) is 23.6 Å². The second kappa shape index (κ2) is 19.8. The minimum absolute atomic E-state index is 0.00539. The topological polar surface area (TPSA) is 169 Å². The summed E-state index contributed by atoms with van der Waals surface area (Å²) in [6.07, 6.45) is 2.45. The molecule has 0 spiro atoms. The number of amides is 4. The Kier molecular flexibility index (Phi) is 15.8. The Morgan fingerprint density at radius 3 is 1.82 bits per heavy atom. The molecule has 0 radical (unpaired) electrons. The lowest BCUT2D eigenvalue weighted by Crippen LogP contribution is -2.60. The van der Waals surface area contributed by atoms with E-state index in [0.717, 1.165) is 11.1 Å². The molecule has 13 heteroatoms. The summed E-state index contributed by atoms with van der Waals surface area (Å²) in [5, 5.41) is 11.7. The summed E-state index contributed by atoms with van der Waals surface area (Å²) in [6.45, 7) is 15.2. The van der Waals surface area contributed by atoms with Crippen LogP contribution in [-0.2, 0) is 41.6 Å². The minimum Gasteiger partial charge on any atom is -0.432 e. The summed E-state index contributed by atoms with van der Waals surface area (Å²) in [7, 11) is -2.30. The van der Waals surface area contributed by atoms with Crippen molar-refractivity contribution in [2.75, 3.05) is 26.2 Å². The number of Topliss-reactive ketones (excluding diaryl/α,β-unsaturated/α-hetero) is 1. The maximum absolute atomic E-state index is 14.1. The van der Waals surface area contributed by atoms with Crippen molar-refractivity contribution in [2.24, 2.45) is 11.8 Å². The highest BCUT2D eigenvalue weighted by Crippen LogP contribution is 2.30. The standard InChI is InChI=1S/C42H63N5O7Si/c1-28(2)18-20-33(38(49)42(5)27-54-42)44-41(52)36(23-31-16-12-9-13-17-31)46-40(51)35(22-29(3)4)45-39(50)34(21-19-30-14-10-8-11-15-30)43-37(48)26-47-24-32(25-47)55(6,7)53/h8-17,28-29,32-36,53H,18-27H2,1-7H3,(H,43,48)(H,44,52)(H,45,50)(H,46,51)/t33-,34-,35?,36-,42+/m0/s1.